The van der Waals surface area contributed by atoms with Gasteiger partial charge in [-0.3, -0.25) is 0 Å². The van der Waals surface area contributed by atoms with Crippen LogP contribution in [0.1, 0.15) is 6.42 Å². The predicted molar refractivity (Wildman–Crippen MR) is 51.2 cm³/mol. The summed E-state index contributed by atoms with van der Waals surface area (Å²) >= 11 is 0. The molecule has 2 fully saturated rings. The third-order valence-electron chi connectivity index (χ3n) is 2.28. The van der Waals surface area contributed by atoms with E-state index >= 15 is 0 Å². The Kier molecular flexibility index (Phi) is 2.56. The van der Waals surface area contributed by atoms with E-state index in [-0.39, 0.29) is 12.1 Å². The maximum absolute atomic E-state index is 10.1. The van der Waals surface area contributed by atoms with Gasteiger partial charge in [-0.25, -0.2) is 9.59 Å². The van der Waals surface area contributed by atoms with Gasteiger partial charge < -0.3 is 0 Å². The van der Waals surface area contributed by atoms with E-state index in [9.17, 15) is 9.59 Å². The molecule has 0 amide bonds. The smallest absolute Gasteiger partial charge is 0.211 e. The fourth-order valence-corrected chi connectivity index (χ4v) is 5.38. The lowest BCUT2D eigenvalue weighted by molar-refractivity contribution is 0.538. The van der Waals surface area contributed by atoms with Crippen LogP contribution in [0.3, 0.4) is 0 Å². The zero-order valence-corrected chi connectivity index (χ0v) is 8.18. The molecule has 0 spiro atoms. The number of carbonyl (C=O) groups excluding carboxylic acids is 2. The summed E-state index contributed by atoms with van der Waals surface area (Å²) in [6, 6.07) is -0.314. The van der Waals surface area contributed by atoms with Crippen LogP contribution in [0.15, 0.2) is 9.98 Å². The average molecular weight is 214 g/mol. The minimum atomic E-state index is -0.157. The van der Waals surface area contributed by atoms with Crippen molar-refractivity contribution >= 4 is 33.7 Å². The molecule has 1 heterocycles. The number of aliphatic imine (C=N–C) groups is 2. The second kappa shape index (κ2) is 3.68. The maximum atomic E-state index is 10.1. The first kappa shape index (κ1) is 9.03. The van der Waals surface area contributed by atoms with Crippen molar-refractivity contribution in [1.82, 2.24) is 0 Å². The van der Waals surface area contributed by atoms with E-state index in [0.717, 1.165) is 6.42 Å². The van der Waals surface area contributed by atoms with Gasteiger partial charge in [0, 0.05) is 10.5 Å². The summed E-state index contributed by atoms with van der Waals surface area (Å²) in [5.74, 6) is 0. The number of nitrogens with zero attached hydrogens (tertiary/aromatic N) is 2. The van der Waals surface area contributed by atoms with Crippen molar-refractivity contribution in [2.75, 3.05) is 0 Å². The van der Waals surface area contributed by atoms with Gasteiger partial charge in [0.05, 0.1) is 12.1 Å². The van der Waals surface area contributed by atoms with Gasteiger partial charge in [0.15, 0.2) is 0 Å². The Balaban J connectivity index is 2.23. The minimum Gasteiger partial charge on any atom is -0.211 e. The van der Waals surface area contributed by atoms with Crippen molar-refractivity contribution in [3.63, 3.8) is 0 Å². The molecular formula is C7H6N2O2S2. The van der Waals surface area contributed by atoms with Gasteiger partial charge in [0.25, 0.3) is 0 Å². The van der Waals surface area contributed by atoms with E-state index in [1.807, 2.05) is 0 Å². The van der Waals surface area contributed by atoms with Gasteiger partial charge in [0.1, 0.15) is 0 Å². The molecule has 1 aliphatic carbocycles. The molecule has 0 aromatic rings. The highest BCUT2D eigenvalue weighted by Crippen LogP contribution is 2.54. The first-order valence-corrected chi connectivity index (χ1v) is 6.10. The zero-order chi connectivity index (χ0) is 9.26. The summed E-state index contributed by atoms with van der Waals surface area (Å²) in [4.78, 5) is 27.7. The monoisotopic (exact) mass is 214 g/mol. The molecule has 68 valence electrons. The molecule has 0 radical (unpaired) electrons. The van der Waals surface area contributed by atoms with Gasteiger partial charge >= 0.3 is 0 Å². The van der Waals surface area contributed by atoms with Crippen LogP contribution in [-0.4, -0.2) is 34.7 Å². The molecule has 2 aliphatic rings. The molecule has 13 heavy (non-hydrogen) atoms. The van der Waals surface area contributed by atoms with E-state index < -0.39 is 0 Å². The van der Waals surface area contributed by atoms with Gasteiger partial charge in [-0.1, -0.05) is 21.6 Å². The quantitative estimate of drug-likeness (QED) is 0.390. The minimum absolute atomic E-state index is 0.157. The predicted octanol–water partition coefficient (Wildman–Crippen LogP) is 0.931. The van der Waals surface area contributed by atoms with Crippen LogP contribution in [0.25, 0.3) is 0 Å². The Hall–Kier alpha value is -0.540. The van der Waals surface area contributed by atoms with Crippen LogP contribution in [0.5, 0.6) is 0 Å². The summed E-state index contributed by atoms with van der Waals surface area (Å²) in [5, 5.41) is 0.636. The van der Waals surface area contributed by atoms with Crippen molar-refractivity contribution in [3.05, 3.63) is 0 Å². The molecule has 1 saturated carbocycles. The molecule has 1 aliphatic heterocycles. The number of fused-ring (bicyclic) bond motifs is 2. The van der Waals surface area contributed by atoms with Crippen LogP contribution in [0.4, 0.5) is 0 Å². The molecule has 1 saturated heterocycles. The first-order valence-electron chi connectivity index (χ1n) is 3.83. The highest BCUT2D eigenvalue weighted by atomic mass is 33.1. The average Bonchev–Trinajstić information content (AvgIpc) is 2.69. The number of hydrogen-bond donors (Lipinski definition) is 0. The lowest BCUT2D eigenvalue weighted by atomic mass is 10.2. The van der Waals surface area contributed by atoms with Crippen LogP contribution >= 0.6 is 21.6 Å². The topological polar surface area (TPSA) is 58.9 Å². The van der Waals surface area contributed by atoms with Crippen molar-refractivity contribution in [2.45, 2.75) is 29.0 Å². The second-order valence-corrected chi connectivity index (χ2v) is 5.68. The zero-order valence-electron chi connectivity index (χ0n) is 6.54. The highest BCUT2D eigenvalue weighted by molar-refractivity contribution is 8.77. The third-order valence-corrected chi connectivity index (χ3v) is 5.65. The Morgan fingerprint density at radius 3 is 1.85 bits per heavy atom. The summed E-state index contributed by atoms with van der Waals surface area (Å²) in [7, 11) is 3.45. The largest absolute Gasteiger partial charge is 0.235 e. The molecule has 4 unspecified atom stereocenters. The Morgan fingerprint density at radius 2 is 1.46 bits per heavy atom. The van der Waals surface area contributed by atoms with E-state index in [1.54, 1.807) is 33.7 Å². The fraction of sp³-hybridized carbons (Fsp3) is 0.714. The highest BCUT2D eigenvalue weighted by Gasteiger charge is 2.50. The third kappa shape index (κ3) is 1.46. The van der Waals surface area contributed by atoms with Gasteiger partial charge in [0.2, 0.25) is 12.2 Å². The van der Waals surface area contributed by atoms with Gasteiger partial charge in [-0.05, 0) is 6.42 Å². The van der Waals surface area contributed by atoms with E-state index in [4.69, 9.17) is 0 Å². The van der Waals surface area contributed by atoms with Gasteiger partial charge in [-0.2, -0.15) is 9.98 Å². The lowest BCUT2D eigenvalue weighted by Gasteiger charge is -2.20. The summed E-state index contributed by atoms with van der Waals surface area (Å²) < 4.78 is 0. The molecule has 4 atom stereocenters. The molecule has 2 rings (SSSR count). The SMILES string of the molecule is O=C=NC1C2CC(SS2)C1N=C=O. The second-order valence-electron chi connectivity index (χ2n) is 2.93. The molecule has 0 N–H and O–H groups in total. The maximum Gasteiger partial charge on any atom is 0.235 e. The van der Waals surface area contributed by atoms with Gasteiger partial charge in [-0.15, -0.1) is 0 Å². The molecule has 4 nitrogen and oxygen atoms in total. The Bertz CT molecular complexity index is 280. The van der Waals surface area contributed by atoms with E-state index in [2.05, 4.69) is 9.98 Å². The van der Waals surface area contributed by atoms with E-state index in [0.29, 0.717) is 10.5 Å². The van der Waals surface area contributed by atoms with Crippen LogP contribution < -0.4 is 0 Å². The van der Waals surface area contributed by atoms with Crippen LogP contribution in [-0.2, 0) is 9.59 Å². The van der Waals surface area contributed by atoms with E-state index in [1.165, 1.54) is 0 Å². The summed E-state index contributed by atoms with van der Waals surface area (Å²) in [6.45, 7) is 0. The number of hydrogen-bond acceptors (Lipinski definition) is 6. The standard InChI is InChI=1S/C7H6N2O2S2/c10-2-8-6-4-1-5(13-12-4)7(6)9-3-11/h4-7H,1H2. The van der Waals surface area contributed by atoms with Crippen molar-refractivity contribution in [2.24, 2.45) is 9.98 Å². The molecule has 0 aromatic heterocycles. The molecular weight excluding hydrogens is 208 g/mol. The van der Waals surface area contributed by atoms with Crippen molar-refractivity contribution < 1.29 is 9.59 Å². The molecule has 2 bridgehead atoms. The normalized spacial score (nSPS) is 40.9. The molecule has 0 aromatic carbocycles. The first-order chi connectivity index (χ1) is 6.36. The summed E-state index contributed by atoms with van der Waals surface area (Å²) in [6.07, 6.45) is 4.06. The van der Waals surface area contributed by atoms with Crippen LogP contribution in [0.2, 0.25) is 0 Å². The Morgan fingerprint density at radius 1 is 1.00 bits per heavy atom. The lowest BCUT2D eigenvalue weighted by Crippen LogP contribution is -2.29. The summed E-state index contributed by atoms with van der Waals surface area (Å²) in [5.41, 5.74) is 0. The molecule has 6 heteroatoms. The number of rotatable bonds is 2. The van der Waals surface area contributed by atoms with Crippen molar-refractivity contribution in [1.29, 1.82) is 0 Å². The Labute approximate surface area is 82.7 Å². The van der Waals surface area contributed by atoms with Crippen LogP contribution in [0, 0.1) is 0 Å². The van der Waals surface area contributed by atoms with Crippen molar-refractivity contribution in [3.8, 4) is 0 Å². The number of isocyanates is 2. The fourth-order valence-electron chi connectivity index (χ4n) is 1.72.